The molecular weight excluding hydrogens is 302 g/mol. The lowest BCUT2D eigenvalue weighted by molar-refractivity contribution is -0.126. The minimum Gasteiger partial charge on any atom is -0.348 e. The lowest BCUT2D eigenvalue weighted by atomic mass is 9.96. The summed E-state index contributed by atoms with van der Waals surface area (Å²) in [6.45, 7) is 5.60. The maximum atomic E-state index is 12.4. The summed E-state index contributed by atoms with van der Waals surface area (Å²) < 4.78 is 0. The molecule has 1 aromatic rings. The molecule has 1 aliphatic rings. The Bertz CT molecular complexity index is 538. The molecule has 1 aromatic heterocycles. The van der Waals surface area contributed by atoms with E-state index in [0.29, 0.717) is 4.88 Å². The molecule has 0 aliphatic carbocycles. The fourth-order valence-electron chi connectivity index (χ4n) is 2.70. The van der Waals surface area contributed by atoms with Crippen molar-refractivity contribution < 1.29 is 14.8 Å². The number of aryl methyl sites for hydroxylation is 1. The van der Waals surface area contributed by atoms with E-state index in [0.717, 1.165) is 42.8 Å². The van der Waals surface area contributed by atoms with Gasteiger partial charge in [-0.25, -0.2) is 5.48 Å². The summed E-state index contributed by atoms with van der Waals surface area (Å²) in [6.07, 6.45) is 2.49. The van der Waals surface area contributed by atoms with Crippen LogP contribution >= 0.6 is 11.3 Å². The molecule has 122 valence electrons. The summed E-state index contributed by atoms with van der Waals surface area (Å²) in [6, 6.07) is 1.82. The number of carbonyl (C=O) groups excluding carboxylic acids is 2. The van der Waals surface area contributed by atoms with Crippen molar-refractivity contribution in [1.82, 2.24) is 16.1 Å². The molecule has 1 fully saturated rings. The van der Waals surface area contributed by atoms with Gasteiger partial charge in [0, 0.05) is 10.8 Å². The standard InChI is InChI=1S/C15H23N3O3S/c1-3-11(17-14(19)10-4-6-16-7-5-10)12-8-9(2)13(22-12)15(20)18-21/h8,10-11,16,21H,3-7H2,1-2H3,(H,17,19)(H,18,20). The number of rotatable bonds is 5. The molecule has 1 aliphatic heterocycles. The fraction of sp³-hybridized carbons (Fsp3) is 0.600. The topological polar surface area (TPSA) is 90.5 Å². The van der Waals surface area contributed by atoms with Crippen LogP contribution in [0.1, 0.15) is 52.3 Å². The van der Waals surface area contributed by atoms with Crippen molar-refractivity contribution in [3.63, 3.8) is 0 Å². The first-order valence-corrected chi connectivity index (χ1v) is 8.44. The van der Waals surface area contributed by atoms with Crippen molar-refractivity contribution >= 4 is 23.2 Å². The molecule has 4 N–H and O–H groups in total. The summed E-state index contributed by atoms with van der Waals surface area (Å²) >= 11 is 1.31. The molecule has 1 atom stereocenters. The first kappa shape index (κ1) is 16.9. The van der Waals surface area contributed by atoms with Crippen molar-refractivity contribution in [2.45, 2.75) is 39.2 Å². The van der Waals surface area contributed by atoms with Crippen LogP contribution < -0.4 is 16.1 Å². The zero-order valence-corrected chi connectivity index (χ0v) is 13.8. The van der Waals surface area contributed by atoms with Gasteiger partial charge in [0.1, 0.15) is 0 Å². The number of carbonyl (C=O) groups is 2. The third-order valence-corrected chi connectivity index (χ3v) is 5.37. The highest BCUT2D eigenvalue weighted by Crippen LogP contribution is 2.29. The van der Waals surface area contributed by atoms with Crippen LogP contribution in [-0.2, 0) is 4.79 Å². The molecule has 6 nitrogen and oxygen atoms in total. The van der Waals surface area contributed by atoms with Gasteiger partial charge < -0.3 is 10.6 Å². The Morgan fingerprint density at radius 2 is 2.14 bits per heavy atom. The molecule has 2 rings (SSSR count). The quantitative estimate of drug-likeness (QED) is 0.490. The molecule has 0 spiro atoms. The average Bonchev–Trinajstić information content (AvgIpc) is 2.94. The Balaban J connectivity index is 2.07. The number of thiophene rings is 1. The van der Waals surface area contributed by atoms with Gasteiger partial charge in [-0.3, -0.25) is 14.8 Å². The Kier molecular flexibility index (Phi) is 5.93. The monoisotopic (exact) mass is 325 g/mol. The van der Waals surface area contributed by atoms with Crippen molar-refractivity contribution in [3.05, 3.63) is 21.4 Å². The van der Waals surface area contributed by atoms with Crippen molar-refractivity contribution in [3.8, 4) is 0 Å². The molecule has 0 bridgehead atoms. The summed E-state index contributed by atoms with van der Waals surface area (Å²) in [5.74, 6) is -0.350. The van der Waals surface area contributed by atoms with Gasteiger partial charge in [0.25, 0.3) is 5.91 Å². The molecule has 7 heteroatoms. The summed E-state index contributed by atoms with van der Waals surface area (Å²) in [7, 11) is 0. The first-order chi connectivity index (χ1) is 10.6. The van der Waals surface area contributed by atoms with E-state index in [2.05, 4.69) is 10.6 Å². The van der Waals surface area contributed by atoms with Gasteiger partial charge in [0.2, 0.25) is 5.91 Å². The van der Waals surface area contributed by atoms with E-state index in [1.54, 1.807) is 5.48 Å². The molecular formula is C15H23N3O3S. The minimum atomic E-state index is -0.506. The van der Waals surface area contributed by atoms with Crippen LogP contribution in [-0.4, -0.2) is 30.1 Å². The second-order valence-electron chi connectivity index (χ2n) is 5.60. The first-order valence-electron chi connectivity index (χ1n) is 7.62. The number of hydroxylamine groups is 1. The predicted octanol–water partition coefficient (Wildman–Crippen LogP) is 1.74. The molecule has 22 heavy (non-hydrogen) atoms. The molecule has 2 heterocycles. The second-order valence-corrected chi connectivity index (χ2v) is 6.68. The third kappa shape index (κ3) is 3.85. The highest BCUT2D eigenvalue weighted by molar-refractivity contribution is 7.14. The lowest BCUT2D eigenvalue weighted by Crippen LogP contribution is -2.39. The van der Waals surface area contributed by atoms with Gasteiger partial charge in [-0.2, -0.15) is 0 Å². The fourth-order valence-corrected chi connectivity index (χ4v) is 3.90. The van der Waals surface area contributed by atoms with Crippen LogP contribution in [0, 0.1) is 12.8 Å². The van der Waals surface area contributed by atoms with Gasteiger partial charge >= 0.3 is 0 Å². The highest BCUT2D eigenvalue weighted by Gasteiger charge is 2.25. The second kappa shape index (κ2) is 7.71. The zero-order chi connectivity index (χ0) is 16.1. The molecule has 0 saturated carbocycles. The van der Waals surface area contributed by atoms with Crippen LogP contribution in [0.15, 0.2) is 6.07 Å². The van der Waals surface area contributed by atoms with Gasteiger partial charge in [-0.05, 0) is 50.9 Å². The number of amides is 2. The summed E-state index contributed by atoms with van der Waals surface area (Å²) in [5, 5.41) is 15.1. The van der Waals surface area contributed by atoms with E-state index >= 15 is 0 Å². The van der Waals surface area contributed by atoms with Crippen LogP contribution in [0.5, 0.6) is 0 Å². The summed E-state index contributed by atoms with van der Waals surface area (Å²) in [5.41, 5.74) is 2.47. The largest absolute Gasteiger partial charge is 0.348 e. The van der Waals surface area contributed by atoms with Crippen molar-refractivity contribution in [2.75, 3.05) is 13.1 Å². The number of hydrogen-bond acceptors (Lipinski definition) is 5. The average molecular weight is 325 g/mol. The Morgan fingerprint density at radius 1 is 1.45 bits per heavy atom. The van der Waals surface area contributed by atoms with E-state index in [4.69, 9.17) is 5.21 Å². The number of hydrogen-bond donors (Lipinski definition) is 4. The van der Waals surface area contributed by atoms with E-state index in [-0.39, 0.29) is 17.9 Å². The van der Waals surface area contributed by atoms with Gasteiger partial charge in [-0.1, -0.05) is 6.92 Å². The smallest absolute Gasteiger partial charge is 0.284 e. The van der Waals surface area contributed by atoms with E-state index in [9.17, 15) is 9.59 Å². The molecule has 1 saturated heterocycles. The van der Waals surface area contributed by atoms with Crippen LogP contribution in [0.4, 0.5) is 0 Å². The number of nitrogens with one attached hydrogen (secondary N) is 3. The normalized spacial score (nSPS) is 17.0. The van der Waals surface area contributed by atoms with Crippen molar-refractivity contribution in [1.29, 1.82) is 0 Å². The van der Waals surface area contributed by atoms with Crippen LogP contribution in [0.2, 0.25) is 0 Å². The maximum absolute atomic E-state index is 12.4. The molecule has 0 aromatic carbocycles. The minimum absolute atomic E-state index is 0.0663. The van der Waals surface area contributed by atoms with E-state index in [1.165, 1.54) is 11.3 Å². The lowest BCUT2D eigenvalue weighted by Gasteiger charge is -2.24. The molecule has 0 radical (unpaired) electrons. The molecule has 2 amide bonds. The van der Waals surface area contributed by atoms with Crippen LogP contribution in [0.3, 0.4) is 0 Å². The van der Waals surface area contributed by atoms with E-state index < -0.39 is 5.91 Å². The van der Waals surface area contributed by atoms with Gasteiger partial charge in [0.15, 0.2) is 0 Å². The third-order valence-electron chi connectivity index (χ3n) is 4.02. The van der Waals surface area contributed by atoms with Gasteiger partial charge in [0.05, 0.1) is 10.9 Å². The Labute approximate surface area is 134 Å². The van der Waals surface area contributed by atoms with E-state index in [1.807, 2.05) is 19.9 Å². The molecule has 1 unspecified atom stereocenters. The zero-order valence-electron chi connectivity index (χ0n) is 12.9. The Morgan fingerprint density at radius 3 is 2.73 bits per heavy atom. The predicted molar refractivity (Wildman–Crippen MR) is 85.1 cm³/mol. The maximum Gasteiger partial charge on any atom is 0.284 e. The SMILES string of the molecule is CCC(NC(=O)C1CCNCC1)c1cc(C)c(C(=O)NO)s1. The van der Waals surface area contributed by atoms with Crippen LogP contribution in [0.25, 0.3) is 0 Å². The Hall–Kier alpha value is -1.44. The van der Waals surface area contributed by atoms with Crippen molar-refractivity contribution in [2.24, 2.45) is 5.92 Å². The van der Waals surface area contributed by atoms with Gasteiger partial charge in [-0.15, -0.1) is 11.3 Å². The highest BCUT2D eigenvalue weighted by atomic mass is 32.1. The number of piperidine rings is 1. The summed E-state index contributed by atoms with van der Waals surface area (Å²) in [4.78, 5) is 25.4.